The Balaban J connectivity index is 2.17. The second-order valence-corrected chi connectivity index (χ2v) is 3.90. The molecule has 0 amide bonds. The zero-order chi connectivity index (χ0) is 9.80. The predicted molar refractivity (Wildman–Crippen MR) is 58.7 cm³/mol. The number of nitrogens with zero attached hydrogens (tertiary/aromatic N) is 2. The molecule has 0 atom stereocenters. The van der Waals surface area contributed by atoms with Gasteiger partial charge in [-0.05, 0) is 17.5 Å². The first kappa shape index (κ1) is 9.15. The fraction of sp³-hybridized carbons (Fsp3) is 0.200. The van der Waals surface area contributed by atoms with E-state index in [1.54, 1.807) is 17.5 Å². The molecule has 0 aliphatic carbocycles. The monoisotopic (exact) mass is 205 g/mol. The normalized spacial score (nSPS) is 10.1. The molecule has 0 fully saturated rings. The van der Waals surface area contributed by atoms with Crippen molar-refractivity contribution in [3.63, 3.8) is 0 Å². The Kier molecular flexibility index (Phi) is 2.74. The van der Waals surface area contributed by atoms with E-state index in [2.05, 4.69) is 26.7 Å². The molecular formula is C10H11N3S. The van der Waals surface area contributed by atoms with Crippen LogP contribution in [0.1, 0.15) is 10.7 Å². The fourth-order valence-corrected chi connectivity index (χ4v) is 1.89. The van der Waals surface area contributed by atoms with Crippen molar-refractivity contribution in [1.29, 1.82) is 0 Å². The van der Waals surface area contributed by atoms with Gasteiger partial charge in [0.15, 0.2) is 0 Å². The first-order valence-corrected chi connectivity index (χ1v) is 5.28. The Labute approximate surface area is 86.8 Å². The van der Waals surface area contributed by atoms with E-state index in [0.29, 0.717) is 0 Å². The Bertz CT molecular complexity index is 398. The number of hydrogen-bond donors (Lipinski definition) is 1. The third-order valence-corrected chi connectivity index (χ3v) is 2.75. The van der Waals surface area contributed by atoms with Crippen molar-refractivity contribution in [2.75, 3.05) is 12.4 Å². The summed E-state index contributed by atoms with van der Waals surface area (Å²) in [6.07, 6.45) is 2.59. The summed E-state index contributed by atoms with van der Waals surface area (Å²) in [4.78, 5) is 9.86. The molecule has 2 rings (SSSR count). The van der Waals surface area contributed by atoms with E-state index < -0.39 is 0 Å². The van der Waals surface area contributed by atoms with Crippen molar-refractivity contribution >= 4 is 17.2 Å². The van der Waals surface area contributed by atoms with Crippen LogP contribution in [0, 0.1) is 0 Å². The van der Waals surface area contributed by atoms with Gasteiger partial charge in [0.25, 0.3) is 0 Å². The highest BCUT2D eigenvalue weighted by Gasteiger charge is 2.00. The molecule has 0 aliphatic heterocycles. The van der Waals surface area contributed by atoms with E-state index in [9.17, 15) is 0 Å². The molecule has 1 N–H and O–H groups in total. The van der Waals surface area contributed by atoms with Crippen molar-refractivity contribution in [1.82, 2.24) is 9.97 Å². The lowest BCUT2D eigenvalue weighted by molar-refractivity contribution is 0.982. The highest BCUT2D eigenvalue weighted by atomic mass is 32.1. The molecule has 3 nitrogen and oxygen atoms in total. The molecule has 0 unspecified atom stereocenters. The molecule has 0 spiro atoms. The molecule has 2 heterocycles. The SMILES string of the molecule is CNc1ccnc(Cc2cccs2)n1. The van der Waals surface area contributed by atoms with Crippen molar-refractivity contribution < 1.29 is 0 Å². The van der Waals surface area contributed by atoms with Crippen molar-refractivity contribution in [2.24, 2.45) is 0 Å². The number of hydrogen-bond acceptors (Lipinski definition) is 4. The number of rotatable bonds is 3. The topological polar surface area (TPSA) is 37.8 Å². The van der Waals surface area contributed by atoms with Gasteiger partial charge < -0.3 is 5.32 Å². The van der Waals surface area contributed by atoms with E-state index in [1.165, 1.54) is 4.88 Å². The van der Waals surface area contributed by atoms with Gasteiger partial charge in [0, 0.05) is 24.5 Å². The summed E-state index contributed by atoms with van der Waals surface area (Å²) in [5.74, 6) is 1.73. The molecule has 4 heteroatoms. The van der Waals surface area contributed by atoms with Crippen LogP contribution in [0.25, 0.3) is 0 Å². The van der Waals surface area contributed by atoms with Crippen LogP contribution in [0.4, 0.5) is 5.82 Å². The van der Waals surface area contributed by atoms with Crippen LogP contribution in [0.5, 0.6) is 0 Å². The zero-order valence-electron chi connectivity index (χ0n) is 7.90. The Morgan fingerprint density at radius 1 is 1.43 bits per heavy atom. The summed E-state index contributed by atoms with van der Waals surface area (Å²) in [7, 11) is 1.86. The third kappa shape index (κ3) is 2.09. The fourth-order valence-electron chi connectivity index (χ4n) is 1.19. The number of aromatic nitrogens is 2. The summed E-state index contributed by atoms with van der Waals surface area (Å²) < 4.78 is 0. The summed E-state index contributed by atoms with van der Waals surface area (Å²) in [6, 6.07) is 6.00. The second-order valence-electron chi connectivity index (χ2n) is 2.86. The minimum Gasteiger partial charge on any atom is -0.373 e. The number of nitrogens with one attached hydrogen (secondary N) is 1. The average molecular weight is 205 g/mol. The summed E-state index contributed by atoms with van der Waals surface area (Å²) in [6.45, 7) is 0. The molecule has 0 saturated carbocycles. The molecule has 14 heavy (non-hydrogen) atoms. The van der Waals surface area contributed by atoms with Gasteiger partial charge in [0.1, 0.15) is 11.6 Å². The lowest BCUT2D eigenvalue weighted by atomic mass is 10.3. The summed E-state index contributed by atoms with van der Waals surface area (Å²) in [5, 5.41) is 5.07. The Morgan fingerprint density at radius 3 is 3.07 bits per heavy atom. The van der Waals surface area contributed by atoms with Crippen LogP contribution in [-0.2, 0) is 6.42 Å². The van der Waals surface area contributed by atoms with Crippen molar-refractivity contribution in [3.05, 3.63) is 40.5 Å². The van der Waals surface area contributed by atoms with Crippen LogP contribution < -0.4 is 5.32 Å². The van der Waals surface area contributed by atoms with Crippen LogP contribution in [0.15, 0.2) is 29.8 Å². The molecule has 0 aromatic carbocycles. The first-order chi connectivity index (χ1) is 6.88. The Hall–Kier alpha value is -1.42. The molecule has 2 aromatic heterocycles. The smallest absolute Gasteiger partial charge is 0.135 e. The van der Waals surface area contributed by atoms with E-state index >= 15 is 0 Å². The van der Waals surface area contributed by atoms with Crippen LogP contribution in [0.2, 0.25) is 0 Å². The van der Waals surface area contributed by atoms with E-state index in [4.69, 9.17) is 0 Å². The quantitative estimate of drug-likeness (QED) is 0.834. The van der Waals surface area contributed by atoms with Gasteiger partial charge in [0.2, 0.25) is 0 Å². The van der Waals surface area contributed by atoms with Crippen LogP contribution in [0.3, 0.4) is 0 Å². The third-order valence-electron chi connectivity index (χ3n) is 1.87. The molecule has 0 saturated heterocycles. The van der Waals surface area contributed by atoms with E-state index in [1.807, 2.05) is 19.2 Å². The van der Waals surface area contributed by atoms with Gasteiger partial charge in [-0.15, -0.1) is 11.3 Å². The second kappa shape index (κ2) is 4.19. The van der Waals surface area contributed by atoms with Gasteiger partial charge in [-0.25, -0.2) is 9.97 Å². The van der Waals surface area contributed by atoms with Gasteiger partial charge in [-0.1, -0.05) is 6.07 Å². The molecule has 0 bridgehead atoms. The standard InChI is InChI=1S/C10H11N3S/c1-11-9-4-5-12-10(13-9)7-8-3-2-6-14-8/h2-6H,7H2,1H3,(H,11,12,13). The van der Waals surface area contributed by atoms with Crippen molar-refractivity contribution in [3.8, 4) is 0 Å². The summed E-state index contributed by atoms with van der Waals surface area (Å²) in [5.41, 5.74) is 0. The molecule has 0 radical (unpaired) electrons. The summed E-state index contributed by atoms with van der Waals surface area (Å²) >= 11 is 1.73. The van der Waals surface area contributed by atoms with Crippen LogP contribution >= 0.6 is 11.3 Å². The molecule has 2 aromatic rings. The maximum absolute atomic E-state index is 4.35. The van der Waals surface area contributed by atoms with Gasteiger partial charge in [-0.3, -0.25) is 0 Å². The number of anilines is 1. The van der Waals surface area contributed by atoms with Crippen molar-refractivity contribution in [2.45, 2.75) is 6.42 Å². The molecule has 72 valence electrons. The lowest BCUT2D eigenvalue weighted by Gasteiger charge is -2.00. The molecular weight excluding hydrogens is 194 g/mol. The lowest BCUT2D eigenvalue weighted by Crippen LogP contribution is -1.99. The molecule has 0 aliphatic rings. The largest absolute Gasteiger partial charge is 0.373 e. The van der Waals surface area contributed by atoms with Gasteiger partial charge in [0.05, 0.1) is 0 Å². The minimum atomic E-state index is 0.813. The van der Waals surface area contributed by atoms with Gasteiger partial charge >= 0.3 is 0 Å². The minimum absolute atomic E-state index is 0.813. The maximum atomic E-state index is 4.35. The maximum Gasteiger partial charge on any atom is 0.135 e. The highest BCUT2D eigenvalue weighted by Crippen LogP contribution is 2.12. The van der Waals surface area contributed by atoms with E-state index in [0.717, 1.165) is 18.1 Å². The highest BCUT2D eigenvalue weighted by molar-refractivity contribution is 7.09. The van der Waals surface area contributed by atoms with Crippen LogP contribution in [-0.4, -0.2) is 17.0 Å². The first-order valence-electron chi connectivity index (χ1n) is 4.40. The van der Waals surface area contributed by atoms with Gasteiger partial charge in [-0.2, -0.15) is 0 Å². The predicted octanol–water partition coefficient (Wildman–Crippen LogP) is 2.17. The average Bonchev–Trinajstić information content (AvgIpc) is 2.71. The van der Waals surface area contributed by atoms with E-state index in [-0.39, 0.29) is 0 Å². The Morgan fingerprint density at radius 2 is 2.36 bits per heavy atom. The zero-order valence-corrected chi connectivity index (χ0v) is 8.71. The number of thiophene rings is 1.